The Bertz CT molecular complexity index is 2160. The highest BCUT2D eigenvalue weighted by atomic mass is 32.2. The number of hydrogen-bond acceptors (Lipinski definition) is 12. The third kappa shape index (κ3) is 9.82. The molecule has 3 aromatic rings. The van der Waals surface area contributed by atoms with Crippen LogP contribution in [0.5, 0.6) is 11.6 Å². The average Bonchev–Trinajstić information content (AvgIpc) is 4.09. The molecule has 5 unspecified atom stereocenters. The Hall–Kier alpha value is -5.71. The van der Waals surface area contributed by atoms with Crippen LogP contribution in [0.3, 0.4) is 0 Å². The Labute approximate surface area is 330 Å². The Morgan fingerprint density at radius 3 is 2.46 bits per heavy atom. The first-order valence-corrected chi connectivity index (χ1v) is 20.2. The fourth-order valence-electron chi connectivity index (χ4n) is 6.71. The lowest BCUT2D eigenvalue weighted by atomic mass is 10.1. The topological polar surface area (TPSA) is 209 Å². The number of likely N-dealkylation sites (tertiary alicyclic amines) is 1. The number of pyridine rings is 1. The number of fused-ring (bicyclic) bond motifs is 1. The van der Waals surface area contributed by atoms with Gasteiger partial charge in [-0.1, -0.05) is 36.4 Å². The van der Waals surface area contributed by atoms with E-state index in [-0.39, 0.29) is 31.9 Å². The summed E-state index contributed by atoms with van der Waals surface area (Å²) in [5.74, 6) is -3.09. The Morgan fingerprint density at radius 1 is 1.07 bits per heavy atom. The number of aromatic nitrogens is 1. The van der Waals surface area contributed by atoms with Gasteiger partial charge in [0.2, 0.25) is 27.7 Å². The molecule has 0 bridgehead atoms. The number of nitrogens with zero attached hydrogens (tertiary/aromatic N) is 2. The highest BCUT2D eigenvalue weighted by molar-refractivity contribution is 7.91. The van der Waals surface area contributed by atoms with Crippen molar-refractivity contribution in [2.45, 2.75) is 94.1 Å². The minimum Gasteiger partial charge on any atom is -0.497 e. The molecule has 1 aromatic heterocycles. The first-order chi connectivity index (χ1) is 27.0. The number of hydrogen-bond donors (Lipinski definition) is 3. The number of methoxy groups -OCH3 is 1. The highest BCUT2D eigenvalue weighted by Gasteiger charge is 2.62. The van der Waals surface area contributed by atoms with Gasteiger partial charge < -0.3 is 34.5 Å². The molecular weight excluding hydrogens is 759 g/mol. The molecule has 17 heteroatoms. The zero-order valence-corrected chi connectivity index (χ0v) is 33.0. The molecule has 5 atom stereocenters. The van der Waals surface area contributed by atoms with Crippen LogP contribution in [0.2, 0.25) is 0 Å². The number of carbonyl (C=O) groups is 5. The zero-order chi connectivity index (χ0) is 41.1. The molecule has 6 rings (SSSR count). The molecule has 0 spiro atoms. The second kappa shape index (κ2) is 16.4. The first-order valence-electron chi connectivity index (χ1n) is 18.6. The van der Waals surface area contributed by atoms with Crippen molar-refractivity contribution in [3.8, 4) is 11.6 Å². The molecule has 57 heavy (non-hydrogen) atoms. The summed E-state index contributed by atoms with van der Waals surface area (Å²) >= 11 is 0. The van der Waals surface area contributed by atoms with Crippen molar-refractivity contribution in [2.75, 3.05) is 13.7 Å². The van der Waals surface area contributed by atoms with Crippen molar-refractivity contribution in [2.24, 2.45) is 5.92 Å². The van der Waals surface area contributed by atoms with Crippen molar-refractivity contribution in [1.29, 1.82) is 0 Å². The van der Waals surface area contributed by atoms with Crippen molar-refractivity contribution < 1.29 is 51.3 Å². The van der Waals surface area contributed by atoms with Crippen LogP contribution in [0.15, 0.2) is 73.4 Å². The number of ether oxygens (including phenoxy) is 4. The maximum Gasteiger partial charge on any atom is 0.408 e. The van der Waals surface area contributed by atoms with E-state index in [0.29, 0.717) is 29.5 Å². The second-order valence-corrected chi connectivity index (χ2v) is 17.4. The number of esters is 1. The highest BCUT2D eigenvalue weighted by Crippen LogP contribution is 2.45. The fraction of sp³-hybridized carbons (Fsp3) is 0.450. The quantitative estimate of drug-likeness (QED) is 0.149. The van der Waals surface area contributed by atoms with Crippen molar-refractivity contribution >= 4 is 50.6 Å². The van der Waals surface area contributed by atoms with E-state index in [9.17, 15) is 32.4 Å². The lowest BCUT2D eigenvalue weighted by Gasteiger charge is -2.30. The van der Waals surface area contributed by atoms with E-state index in [1.807, 2.05) is 6.07 Å². The van der Waals surface area contributed by atoms with Crippen LogP contribution in [0.1, 0.15) is 58.4 Å². The lowest BCUT2D eigenvalue weighted by molar-refractivity contribution is -0.149. The van der Waals surface area contributed by atoms with Gasteiger partial charge in [-0.3, -0.25) is 23.9 Å². The van der Waals surface area contributed by atoms with Gasteiger partial charge in [-0.15, -0.1) is 6.58 Å². The van der Waals surface area contributed by atoms with Crippen LogP contribution in [0, 0.1) is 5.92 Å². The molecule has 2 aliphatic carbocycles. The van der Waals surface area contributed by atoms with Gasteiger partial charge in [-0.2, -0.15) is 0 Å². The van der Waals surface area contributed by atoms with E-state index in [4.69, 9.17) is 18.9 Å². The van der Waals surface area contributed by atoms with Gasteiger partial charge in [0.25, 0.3) is 5.91 Å². The molecule has 2 heterocycles. The number of nitrogens with one attached hydrogen (secondary N) is 3. The van der Waals surface area contributed by atoms with E-state index in [2.05, 4.69) is 26.9 Å². The van der Waals surface area contributed by atoms with E-state index in [1.165, 1.54) is 11.0 Å². The minimum atomic E-state index is -3.96. The summed E-state index contributed by atoms with van der Waals surface area (Å²) in [6.45, 7) is 8.36. The molecule has 2 aromatic carbocycles. The van der Waals surface area contributed by atoms with Crippen molar-refractivity contribution in [3.05, 3.63) is 79.0 Å². The molecule has 2 saturated carbocycles. The predicted octanol–water partition coefficient (Wildman–Crippen LogP) is 3.29. The maximum atomic E-state index is 14.6. The Morgan fingerprint density at radius 2 is 1.81 bits per heavy atom. The minimum absolute atomic E-state index is 0.0777. The van der Waals surface area contributed by atoms with Gasteiger partial charge in [0, 0.05) is 23.9 Å². The monoisotopic (exact) mass is 805 g/mol. The van der Waals surface area contributed by atoms with E-state index in [1.54, 1.807) is 82.6 Å². The summed E-state index contributed by atoms with van der Waals surface area (Å²) in [4.78, 5) is 74.3. The number of benzene rings is 2. The standard InChI is InChI=1S/C40H47N5O11S/c1-6-26-21-40(26,37(49)44-57(51,52)29-13-14-29)43-34(47)32-19-28(55-35-30-15-12-27(53-5)18-25(30)16-17-41-35)22-45(32)36(48)31(42-38(50)56-39(2,3)4)20-33(46)54-23-24-10-8-7-9-11-24/h6-12,15-18,26,28-29,31-32H,1,13-14,19-23H2,2-5H3,(H,42,50)(H,43,47)(H,44,49). The number of alkyl carbamates (subject to hydrolysis) is 1. The summed E-state index contributed by atoms with van der Waals surface area (Å²) in [5.41, 5.74) is -1.89. The molecule has 3 N–H and O–H groups in total. The number of sulfonamides is 1. The fourth-order valence-corrected chi connectivity index (χ4v) is 8.08. The summed E-state index contributed by atoms with van der Waals surface area (Å²) in [6.07, 6.45) is 1.38. The van der Waals surface area contributed by atoms with Crippen LogP contribution >= 0.6 is 0 Å². The number of amides is 4. The van der Waals surface area contributed by atoms with Gasteiger partial charge >= 0.3 is 12.1 Å². The smallest absolute Gasteiger partial charge is 0.408 e. The first kappa shape index (κ1) is 40.9. The summed E-state index contributed by atoms with van der Waals surface area (Å²) in [5, 5.41) is 5.91. The molecule has 16 nitrogen and oxygen atoms in total. The third-order valence-electron chi connectivity index (χ3n) is 9.91. The summed E-state index contributed by atoms with van der Waals surface area (Å²) < 4.78 is 50.1. The number of carbonyl (C=O) groups excluding carboxylic acids is 5. The van der Waals surface area contributed by atoms with Crippen LogP contribution in [0.4, 0.5) is 4.79 Å². The summed E-state index contributed by atoms with van der Waals surface area (Å²) in [6, 6.07) is 13.1. The molecule has 0 radical (unpaired) electrons. The second-order valence-electron chi connectivity index (χ2n) is 15.4. The molecule has 1 saturated heterocycles. The Kier molecular flexibility index (Phi) is 11.8. The molecule has 1 aliphatic heterocycles. The van der Waals surface area contributed by atoms with Crippen molar-refractivity contribution in [3.63, 3.8) is 0 Å². The molecule has 3 fully saturated rings. The van der Waals surface area contributed by atoms with Gasteiger partial charge in [0.15, 0.2) is 0 Å². The Balaban J connectivity index is 1.28. The van der Waals surface area contributed by atoms with Gasteiger partial charge in [-0.05, 0) is 75.2 Å². The molecule has 4 amide bonds. The lowest BCUT2D eigenvalue weighted by Crippen LogP contribution is -2.58. The van der Waals surface area contributed by atoms with E-state index >= 15 is 0 Å². The van der Waals surface area contributed by atoms with Gasteiger partial charge in [-0.25, -0.2) is 18.2 Å². The predicted molar refractivity (Wildman–Crippen MR) is 206 cm³/mol. The van der Waals surface area contributed by atoms with E-state index < -0.39 is 86.7 Å². The van der Waals surface area contributed by atoms with Gasteiger partial charge in [0.05, 0.1) is 25.3 Å². The average molecular weight is 806 g/mol. The van der Waals surface area contributed by atoms with Crippen LogP contribution in [-0.4, -0.2) is 96.3 Å². The molecule has 304 valence electrons. The number of rotatable bonds is 15. The van der Waals surface area contributed by atoms with Gasteiger partial charge in [0.1, 0.15) is 41.7 Å². The van der Waals surface area contributed by atoms with Crippen LogP contribution < -0.4 is 24.8 Å². The molecule has 3 aliphatic rings. The van der Waals surface area contributed by atoms with E-state index in [0.717, 1.165) is 5.39 Å². The van der Waals surface area contributed by atoms with Crippen molar-refractivity contribution in [1.82, 2.24) is 25.2 Å². The van der Waals surface area contributed by atoms with Crippen LogP contribution in [0.25, 0.3) is 10.8 Å². The zero-order valence-electron chi connectivity index (χ0n) is 32.2. The molecular formula is C40H47N5O11S. The normalized spacial score (nSPS) is 22.1. The maximum absolute atomic E-state index is 14.6. The summed E-state index contributed by atoms with van der Waals surface area (Å²) in [7, 11) is -2.41. The third-order valence-corrected chi connectivity index (χ3v) is 11.7. The SMILES string of the molecule is C=CC1CC1(NC(=O)C1CC(Oc2nccc3cc(OC)ccc23)CN1C(=O)C(CC(=O)OCc1ccccc1)NC(=O)OC(C)(C)C)C(=O)NS(=O)(=O)C1CC1. The largest absolute Gasteiger partial charge is 0.497 e. The van der Waals surface area contributed by atoms with Crippen LogP contribution in [-0.2, 0) is 45.3 Å².